The van der Waals surface area contributed by atoms with Crippen LogP contribution in [-0.2, 0) is 0 Å². The number of unbranched alkanes of at least 4 members (excludes halogenated alkanes) is 1. The lowest BCUT2D eigenvalue weighted by molar-refractivity contribution is 0.0951. The van der Waals surface area contributed by atoms with E-state index in [1.165, 1.54) is 0 Å². The van der Waals surface area contributed by atoms with Gasteiger partial charge in [0.15, 0.2) is 0 Å². The van der Waals surface area contributed by atoms with Gasteiger partial charge in [0.05, 0.1) is 0 Å². The summed E-state index contributed by atoms with van der Waals surface area (Å²) in [5, 5.41) is 11.4. The number of aryl methyl sites for hydroxylation is 1. The summed E-state index contributed by atoms with van der Waals surface area (Å²) in [6, 6.07) is 5.64. The Kier molecular flexibility index (Phi) is 5.49. The molecule has 16 heavy (non-hydrogen) atoms. The number of nitrogens with one attached hydrogen (secondary N) is 1. The molecule has 0 aliphatic heterocycles. The van der Waals surface area contributed by atoms with Crippen molar-refractivity contribution in [2.75, 3.05) is 13.2 Å². The van der Waals surface area contributed by atoms with E-state index in [2.05, 4.69) is 21.2 Å². The molecule has 3 nitrogen and oxygen atoms in total. The highest BCUT2D eigenvalue weighted by molar-refractivity contribution is 9.10. The van der Waals surface area contributed by atoms with Gasteiger partial charge in [-0.1, -0.05) is 22.0 Å². The highest BCUT2D eigenvalue weighted by atomic mass is 79.9. The van der Waals surface area contributed by atoms with Crippen LogP contribution in [0.2, 0.25) is 0 Å². The number of benzene rings is 1. The van der Waals surface area contributed by atoms with Gasteiger partial charge in [0.25, 0.3) is 5.91 Å². The largest absolute Gasteiger partial charge is 0.396 e. The molecule has 0 heterocycles. The number of carbonyl (C=O) groups is 1. The number of rotatable bonds is 5. The first-order chi connectivity index (χ1) is 7.65. The molecule has 0 radical (unpaired) electrons. The zero-order chi connectivity index (χ0) is 12.0. The quantitative estimate of drug-likeness (QED) is 0.816. The lowest BCUT2D eigenvalue weighted by Crippen LogP contribution is -2.25. The fourth-order valence-corrected chi connectivity index (χ4v) is 1.73. The summed E-state index contributed by atoms with van der Waals surface area (Å²) in [5.74, 6) is -0.0586. The van der Waals surface area contributed by atoms with E-state index in [1.54, 1.807) is 0 Å². The summed E-state index contributed by atoms with van der Waals surface area (Å²) in [6.07, 6.45) is 1.52. The zero-order valence-corrected chi connectivity index (χ0v) is 10.9. The van der Waals surface area contributed by atoms with Gasteiger partial charge in [0.2, 0.25) is 0 Å². The molecule has 0 aliphatic carbocycles. The van der Waals surface area contributed by atoms with Crippen molar-refractivity contribution in [1.29, 1.82) is 0 Å². The monoisotopic (exact) mass is 285 g/mol. The summed E-state index contributed by atoms with van der Waals surface area (Å²) in [5.41, 5.74) is 1.65. The van der Waals surface area contributed by atoms with Gasteiger partial charge < -0.3 is 10.4 Å². The van der Waals surface area contributed by atoms with Gasteiger partial charge in [-0.25, -0.2) is 0 Å². The highest BCUT2D eigenvalue weighted by Gasteiger charge is 2.08. The van der Waals surface area contributed by atoms with Crippen LogP contribution in [0.3, 0.4) is 0 Å². The van der Waals surface area contributed by atoms with Crippen LogP contribution in [0, 0.1) is 6.92 Å². The summed E-state index contributed by atoms with van der Waals surface area (Å²) in [7, 11) is 0. The van der Waals surface area contributed by atoms with Crippen LogP contribution in [0.25, 0.3) is 0 Å². The molecule has 1 aromatic rings. The zero-order valence-electron chi connectivity index (χ0n) is 9.29. The molecular formula is C12H16BrNO2. The molecule has 4 heteroatoms. The Bertz CT molecular complexity index is 366. The Balaban J connectivity index is 2.55. The fraction of sp³-hybridized carbons (Fsp3) is 0.417. The van der Waals surface area contributed by atoms with Gasteiger partial charge in [0.1, 0.15) is 0 Å². The smallest absolute Gasteiger partial charge is 0.251 e. The molecular weight excluding hydrogens is 270 g/mol. The van der Waals surface area contributed by atoms with Gasteiger partial charge >= 0.3 is 0 Å². The number of carbonyl (C=O) groups excluding carboxylic acids is 1. The molecule has 1 rings (SSSR count). The maximum Gasteiger partial charge on any atom is 0.251 e. The Morgan fingerprint density at radius 1 is 1.44 bits per heavy atom. The van der Waals surface area contributed by atoms with Crippen molar-refractivity contribution in [3.63, 3.8) is 0 Å². The standard InChI is InChI=1S/C12H16BrNO2/c1-9-4-5-10(13)8-11(9)12(16)14-6-2-3-7-15/h4-5,8,15H,2-3,6-7H2,1H3,(H,14,16). The average Bonchev–Trinajstić information content (AvgIpc) is 2.27. The minimum absolute atomic E-state index is 0.0586. The molecule has 1 aromatic carbocycles. The van der Waals surface area contributed by atoms with E-state index >= 15 is 0 Å². The van der Waals surface area contributed by atoms with Gasteiger partial charge in [-0.15, -0.1) is 0 Å². The van der Waals surface area contributed by atoms with Crippen LogP contribution in [0.4, 0.5) is 0 Å². The van der Waals surface area contributed by atoms with Crippen LogP contribution >= 0.6 is 15.9 Å². The molecule has 0 aromatic heterocycles. The van der Waals surface area contributed by atoms with Gasteiger partial charge in [-0.05, 0) is 37.5 Å². The molecule has 0 fully saturated rings. The molecule has 88 valence electrons. The van der Waals surface area contributed by atoms with Crippen LogP contribution in [0.15, 0.2) is 22.7 Å². The van der Waals surface area contributed by atoms with E-state index in [0.29, 0.717) is 12.1 Å². The molecule has 0 saturated heterocycles. The van der Waals surface area contributed by atoms with Crippen LogP contribution < -0.4 is 5.32 Å². The Hall–Kier alpha value is -0.870. The van der Waals surface area contributed by atoms with Crippen molar-refractivity contribution >= 4 is 21.8 Å². The molecule has 0 spiro atoms. The fourth-order valence-electron chi connectivity index (χ4n) is 1.37. The van der Waals surface area contributed by atoms with Crippen molar-refractivity contribution in [1.82, 2.24) is 5.32 Å². The van der Waals surface area contributed by atoms with Crippen molar-refractivity contribution in [3.8, 4) is 0 Å². The van der Waals surface area contributed by atoms with Crippen molar-refractivity contribution in [3.05, 3.63) is 33.8 Å². The second kappa shape index (κ2) is 6.66. The Labute approximate surface area is 104 Å². The lowest BCUT2D eigenvalue weighted by Gasteiger charge is -2.07. The summed E-state index contributed by atoms with van der Waals surface area (Å²) in [6.45, 7) is 2.69. The third kappa shape index (κ3) is 3.94. The molecule has 0 bridgehead atoms. The first-order valence-electron chi connectivity index (χ1n) is 5.30. The number of aliphatic hydroxyl groups is 1. The second-order valence-corrected chi connectivity index (χ2v) is 4.56. The van der Waals surface area contributed by atoms with Gasteiger partial charge in [0, 0.05) is 23.2 Å². The SMILES string of the molecule is Cc1ccc(Br)cc1C(=O)NCCCCO. The van der Waals surface area contributed by atoms with E-state index in [9.17, 15) is 4.79 Å². The predicted molar refractivity (Wildman–Crippen MR) is 67.5 cm³/mol. The summed E-state index contributed by atoms with van der Waals surface area (Å²) >= 11 is 3.34. The second-order valence-electron chi connectivity index (χ2n) is 3.65. The lowest BCUT2D eigenvalue weighted by atomic mass is 10.1. The molecule has 0 aliphatic rings. The number of hydrogen-bond donors (Lipinski definition) is 2. The molecule has 1 amide bonds. The van der Waals surface area contributed by atoms with E-state index < -0.39 is 0 Å². The minimum Gasteiger partial charge on any atom is -0.396 e. The van der Waals surface area contributed by atoms with Gasteiger partial charge in [-0.3, -0.25) is 4.79 Å². The van der Waals surface area contributed by atoms with E-state index in [0.717, 1.165) is 22.9 Å². The molecule has 0 saturated carbocycles. The normalized spacial score (nSPS) is 10.2. The number of hydrogen-bond acceptors (Lipinski definition) is 2. The maximum absolute atomic E-state index is 11.8. The number of halogens is 1. The summed E-state index contributed by atoms with van der Waals surface area (Å²) in [4.78, 5) is 11.8. The average molecular weight is 286 g/mol. The third-order valence-electron chi connectivity index (χ3n) is 2.31. The molecule has 0 atom stereocenters. The highest BCUT2D eigenvalue weighted by Crippen LogP contribution is 2.15. The first kappa shape index (κ1) is 13.2. The van der Waals surface area contributed by atoms with Crippen molar-refractivity contribution in [2.24, 2.45) is 0 Å². The van der Waals surface area contributed by atoms with Crippen molar-refractivity contribution in [2.45, 2.75) is 19.8 Å². The van der Waals surface area contributed by atoms with Gasteiger partial charge in [-0.2, -0.15) is 0 Å². The number of amides is 1. The van der Waals surface area contributed by atoms with E-state index in [-0.39, 0.29) is 12.5 Å². The third-order valence-corrected chi connectivity index (χ3v) is 2.81. The van der Waals surface area contributed by atoms with Crippen LogP contribution in [0.1, 0.15) is 28.8 Å². The van der Waals surface area contributed by atoms with Crippen LogP contribution in [-0.4, -0.2) is 24.2 Å². The summed E-state index contributed by atoms with van der Waals surface area (Å²) < 4.78 is 0.901. The van der Waals surface area contributed by atoms with E-state index in [1.807, 2.05) is 25.1 Å². The Morgan fingerprint density at radius 3 is 2.88 bits per heavy atom. The topological polar surface area (TPSA) is 49.3 Å². The molecule has 2 N–H and O–H groups in total. The van der Waals surface area contributed by atoms with Crippen LogP contribution in [0.5, 0.6) is 0 Å². The minimum atomic E-state index is -0.0586. The maximum atomic E-state index is 11.8. The van der Waals surface area contributed by atoms with E-state index in [4.69, 9.17) is 5.11 Å². The van der Waals surface area contributed by atoms with Crippen molar-refractivity contribution < 1.29 is 9.90 Å². The first-order valence-corrected chi connectivity index (χ1v) is 6.09. The molecule has 0 unspecified atom stereocenters. The predicted octanol–water partition coefficient (Wildman–Crippen LogP) is 2.26. The Morgan fingerprint density at radius 2 is 2.19 bits per heavy atom. The number of aliphatic hydroxyl groups excluding tert-OH is 1.